The first-order valence-electron chi connectivity index (χ1n) is 11.6. The first-order valence-corrected chi connectivity index (χ1v) is 13.9. The van der Waals surface area contributed by atoms with Crippen molar-refractivity contribution in [1.82, 2.24) is 0 Å². The third-order valence-electron chi connectivity index (χ3n) is 6.57. The molecule has 5 aromatic carbocycles. The van der Waals surface area contributed by atoms with Gasteiger partial charge in [0.15, 0.2) is 0 Å². The van der Waals surface area contributed by atoms with Gasteiger partial charge in [0, 0.05) is 11.4 Å². The molecule has 0 aliphatic carbocycles. The summed E-state index contributed by atoms with van der Waals surface area (Å²) in [5.74, 6) is 0. The van der Waals surface area contributed by atoms with Gasteiger partial charge in [-0.2, -0.15) is 0 Å². The predicted molar refractivity (Wildman–Crippen MR) is 145 cm³/mol. The van der Waals surface area contributed by atoms with Gasteiger partial charge < -0.3 is 9.80 Å². The minimum atomic E-state index is -1.24. The SMILES string of the molecule is O=S1c2ccccc2N(c2cccc(N3c4ccccc4S(=O)c4ccccc43)c2)c2ccccc21. The van der Waals surface area contributed by atoms with Crippen LogP contribution in [0.25, 0.3) is 0 Å². The lowest BCUT2D eigenvalue weighted by atomic mass is 10.1. The van der Waals surface area contributed by atoms with Crippen LogP contribution in [-0.4, -0.2) is 8.42 Å². The molecule has 2 aliphatic rings. The van der Waals surface area contributed by atoms with E-state index < -0.39 is 21.6 Å². The maximum atomic E-state index is 13.4. The molecule has 0 N–H and O–H groups in total. The van der Waals surface area contributed by atoms with Gasteiger partial charge in [0.25, 0.3) is 0 Å². The summed E-state index contributed by atoms with van der Waals surface area (Å²) >= 11 is 0. The van der Waals surface area contributed by atoms with Gasteiger partial charge in [-0.05, 0) is 66.7 Å². The number of hydrogen-bond acceptors (Lipinski definition) is 4. The Kier molecular flexibility index (Phi) is 4.91. The summed E-state index contributed by atoms with van der Waals surface area (Å²) in [5, 5.41) is 0. The van der Waals surface area contributed by atoms with E-state index in [1.807, 2.05) is 103 Å². The number of nitrogens with zero attached hydrogens (tertiary/aromatic N) is 2. The second-order valence-corrected chi connectivity index (χ2v) is 11.4. The number of fused-ring (bicyclic) bond motifs is 4. The van der Waals surface area contributed by atoms with E-state index in [4.69, 9.17) is 0 Å². The number of para-hydroxylation sites is 4. The number of benzene rings is 5. The third-order valence-corrected chi connectivity index (χ3v) is 9.55. The molecule has 0 radical (unpaired) electrons. The Bertz CT molecular complexity index is 1490. The van der Waals surface area contributed by atoms with E-state index in [0.717, 1.165) is 53.7 Å². The van der Waals surface area contributed by atoms with Crippen LogP contribution in [0, 0.1) is 0 Å². The van der Waals surface area contributed by atoms with Crippen LogP contribution < -0.4 is 9.80 Å². The largest absolute Gasteiger partial charge is 0.308 e. The lowest BCUT2D eigenvalue weighted by Crippen LogP contribution is -2.21. The Morgan fingerprint density at radius 2 is 0.694 bits per heavy atom. The van der Waals surface area contributed by atoms with Crippen molar-refractivity contribution in [3.05, 3.63) is 121 Å². The summed E-state index contributed by atoms with van der Waals surface area (Å²) in [7, 11) is -2.49. The zero-order chi connectivity index (χ0) is 24.2. The molecule has 0 fully saturated rings. The Hall–Kier alpha value is -4.00. The van der Waals surface area contributed by atoms with Gasteiger partial charge in [-0.3, -0.25) is 0 Å². The average Bonchev–Trinajstić information content (AvgIpc) is 2.94. The fraction of sp³-hybridized carbons (Fsp3) is 0. The highest BCUT2D eigenvalue weighted by Crippen LogP contribution is 2.49. The van der Waals surface area contributed by atoms with Crippen molar-refractivity contribution in [3.8, 4) is 0 Å². The highest BCUT2D eigenvalue weighted by atomic mass is 32.2. The molecule has 2 heterocycles. The molecule has 0 aromatic heterocycles. The third kappa shape index (κ3) is 3.11. The summed E-state index contributed by atoms with van der Waals surface area (Å²) in [6.45, 7) is 0. The number of hydrogen-bond donors (Lipinski definition) is 0. The molecule has 0 saturated carbocycles. The van der Waals surface area contributed by atoms with Crippen molar-refractivity contribution in [2.75, 3.05) is 9.80 Å². The molecular formula is C30H20N2O2S2. The van der Waals surface area contributed by atoms with E-state index in [9.17, 15) is 8.42 Å². The highest BCUT2D eigenvalue weighted by Gasteiger charge is 2.31. The van der Waals surface area contributed by atoms with Crippen LogP contribution in [0.5, 0.6) is 0 Å². The molecule has 0 amide bonds. The second kappa shape index (κ2) is 8.29. The zero-order valence-corrected chi connectivity index (χ0v) is 20.7. The monoisotopic (exact) mass is 504 g/mol. The lowest BCUT2D eigenvalue weighted by molar-refractivity contribution is 0.681. The first-order chi connectivity index (χ1) is 17.7. The van der Waals surface area contributed by atoms with Gasteiger partial charge >= 0.3 is 0 Å². The molecule has 0 atom stereocenters. The molecule has 5 aromatic rings. The molecule has 0 unspecified atom stereocenters. The van der Waals surface area contributed by atoms with Crippen molar-refractivity contribution in [1.29, 1.82) is 0 Å². The summed E-state index contributed by atoms with van der Waals surface area (Å²) in [6.07, 6.45) is 0. The van der Waals surface area contributed by atoms with Crippen LogP contribution in [-0.2, 0) is 21.6 Å². The van der Waals surface area contributed by atoms with Crippen LogP contribution in [0.2, 0.25) is 0 Å². The van der Waals surface area contributed by atoms with Gasteiger partial charge in [0.05, 0.1) is 63.9 Å². The highest BCUT2D eigenvalue weighted by molar-refractivity contribution is 7.85. The van der Waals surface area contributed by atoms with E-state index in [0.29, 0.717) is 0 Å². The molecular weight excluding hydrogens is 484 g/mol. The zero-order valence-electron chi connectivity index (χ0n) is 19.1. The van der Waals surface area contributed by atoms with Crippen LogP contribution >= 0.6 is 0 Å². The number of rotatable bonds is 2. The van der Waals surface area contributed by atoms with E-state index in [1.54, 1.807) is 0 Å². The van der Waals surface area contributed by atoms with Crippen molar-refractivity contribution < 1.29 is 8.42 Å². The molecule has 174 valence electrons. The summed E-state index contributed by atoms with van der Waals surface area (Å²) < 4.78 is 26.7. The Morgan fingerprint density at radius 1 is 0.389 bits per heavy atom. The molecule has 0 spiro atoms. The van der Waals surface area contributed by atoms with Crippen molar-refractivity contribution in [2.24, 2.45) is 0 Å². The van der Waals surface area contributed by atoms with Crippen LogP contribution in [0.15, 0.2) is 141 Å². The quantitative estimate of drug-likeness (QED) is 0.243. The second-order valence-electron chi connectivity index (χ2n) is 8.60. The van der Waals surface area contributed by atoms with Gasteiger partial charge in [0.1, 0.15) is 0 Å². The summed E-state index contributed by atoms with van der Waals surface area (Å²) in [5.41, 5.74) is 5.57. The lowest BCUT2D eigenvalue weighted by Gasteiger charge is -2.35. The van der Waals surface area contributed by atoms with Crippen molar-refractivity contribution in [2.45, 2.75) is 19.6 Å². The molecule has 4 nitrogen and oxygen atoms in total. The predicted octanol–water partition coefficient (Wildman–Crippen LogP) is 7.59. The Morgan fingerprint density at radius 3 is 1.03 bits per heavy atom. The summed E-state index contributed by atoms with van der Waals surface area (Å²) in [6, 6.07) is 39.8. The number of anilines is 6. The standard InChI is InChI=1S/C30H20N2O2S2/c33-35-27-16-5-1-12-23(27)31(24-13-2-6-17-28(24)35)21-10-9-11-22(20-21)32-25-14-3-7-18-29(25)36(34)30-19-8-4-15-26(30)32/h1-20H. The maximum absolute atomic E-state index is 13.4. The van der Waals surface area contributed by atoms with E-state index in [-0.39, 0.29) is 0 Å². The maximum Gasteiger partial charge on any atom is 0.0892 e. The van der Waals surface area contributed by atoms with Gasteiger partial charge in [0.2, 0.25) is 0 Å². The molecule has 7 rings (SSSR count). The normalized spacial score (nSPS) is 14.6. The van der Waals surface area contributed by atoms with Crippen molar-refractivity contribution in [3.63, 3.8) is 0 Å². The minimum absolute atomic E-state index is 0.797. The average molecular weight is 505 g/mol. The van der Waals surface area contributed by atoms with Gasteiger partial charge in [-0.1, -0.05) is 54.6 Å². The van der Waals surface area contributed by atoms with Gasteiger partial charge in [-0.25, -0.2) is 8.42 Å². The fourth-order valence-corrected chi connectivity index (χ4v) is 7.70. The topological polar surface area (TPSA) is 40.6 Å². The Balaban J connectivity index is 1.44. The molecule has 0 bridgehead atoms. The minimum Gasteiger partial charge on any atom is -0.308 e. The smallest absolute Gasteiger partial charge is 0.0892 e. The first kappa shape index (κ1) is 21.3. The van der Waals surface area contributed by atoms with E-state index in [1.165, 1.54) is 0 Å². The Labute approximate surface area is 214 Å². The van der Waals surface area contributed by atoms with E-state index in [2.05, 4.69) is 28.0 Å². The van der Waals surface area contributed by atoms with Crippen LogP contribution in [0.4, 0.5) is 34.1 Å². The van der Waals surface area contributed by atoms with Crippen LogP contribution in [0.3, 0.4) is 0 Å². The molecule has 0 saturated heterocycles. The fourth-order valence-electron chi connectivity index (χ4n) is 5.02. The molecule has 6 heteroatoms. The van der Waals surface area contributed by atoms with Crippen LogP contribution in [0.1, 0.15) is 0 Å². The van der Waals surface area contributed by atoms with E-state index >= 15 is 0 Å². The molecule has 2 aliphatic heterocycles. The van der Waals surface area contributed by atoms with Crippen molar-refractivity contribution >= 4 is 55.7 Å². The summed E-state index contributed by atoms with van der Waals surface area (Å²) in [4.78, 5) is 7.54. The molecule has 36 heavy (non-hydrogen) atoms. The van der Waals surface area contributed by atoms with Gasteiger partial charge in [-0.15, -0.1) is 0 Å².